The predicted octanol–water partition coefficient (Wildman–Crippen LogP) is 5.94. The zero-order chi connectivity index (χ0) is 27.1. The number of aliphatic hydroxyl groups excluding tert-OH is 1. The third-order valence-electron chi connectivity index (χ3n) is 7.13. The van der Waals surface area contributed by atoms with Crippen molar-refractivity contribution in [2.45, 2.75) is 28.7 Å². The zero-order valence-electron chi connectivity index (χ0n) is 21.9. The van der Waals surface area contributed by atoms with E-state index in [0.29, 0.717) is 10.8 Å². The van der Waals surface area contributed by atoms with Crippen molar-refractivity contribution in [1.82, 2.24) is 5.32 Å². The number of nitrogens with one attached hydrogen (secondary N) is 1. The van der Waals surface area contributed by atoms with Crippen LogP contribution in [0.2, 0.25) is 0 Å². The van der Waals surface area contributed by atoms with Crippen LogP contribution in [0.5, 0.6) is 0 Å². The van der Waals surface area contributed by atoms with Gasteiger partial charge in [0.15, 0.2) is 0 Å². The molecule has 6 heteroatoms. The molecule has 2 N–H and O–H groups in total. The fourth-order valence-corrected chi connectivity index (χ4v) is 7.00. The third kappa shape index (κ3) is 5.94. The van der Waals surface area contributed by atoms with Crippen molar-refractivity contribution < 1.29 is 19.4 Å². The Bertz CT molecular complexity index is 1240. The van der Waals surface area contributed by atoms with Crippen molar-refractivity contribution in [3.8, 4) is 0 Å². The zero-order valence-corrected chi connectivity index (χ0v) is 22.7. The molecule has 200 valence electrons. The lowest BCUT2D eigenvalue weighted by Crippen LogP contribution is -2.29. The van der Waals surface area contributed by atoms with Gasteiger partial charge in [0.05, 0.1) is 16.9 Å². The van der Waals surface area contributed by atoms with Crippen molar-refractivity contribution >= 4 is 17.7 Å². The molecule has 1 saturated heterocycles. The van der Waals surface area contributed by atoms with Gasteiger partial charge in [0.25, 0.3) is 0 Å². The maximum atomic E-state index is 11.2. The molecule has 4 aromatic rings. The highest BCUT2D eigenvalue weighted by molar-refractivity contribution is 8.01. The molecule has 0 radical (unpaired) electrons. The fourth-order valence-electron chi connectivity index (χ4n) is 5.18. The number of carbonyl (C=O) groups excluding carboxylic acids is 1. The van der Waals surface area contributed by atoms with E-state index in [2.05, 4.69) is 96.3 Å². The van der Waals surface area contributed by atoms with Gasteiger partial charge in [-0.25, -0.2) is 4.79 Å². The van der Waals surface area contributed by atoms with E-state index in [1.807, 2.05) is 23.9 Å². The van der Waals surface area contributed by atoms with Gasteiger partial charge in [0.2, 0.25) is 6.29 Å². The summed E-state index contributed by atoms with van der Waals surface area (Å²) in [5, 5.41) is 13.5. The summed E-state index contributed by atoms with van der Waals surface area (Å²) in [6, 6.07) is 39.7. The Morgan fingerprint density at radius 1 is 0.846 bits per heavy atom. The molecule has 5 nitrogen and oxygen atoms in total. The summed E-state index contributed by atoms with van der Waals surface area (Å²) < 4.78 is 9.69. The number of esters is 1. The highest BCUT2D eigenvalue weighted by Crippen LogP contribution is 2.51. The predicted molar refractivity (Wildman–Crippen MR) is 156 cm³/mol. The van der Waals surface area contributed by atoms with E-state index in [0.717, 1.165) is 18.5 Å². The quantitative estimate of drug-likeness (QED) is 0.224. The maximum Gasteiger partial charge on any atom is 0.340 e. The summed E-state index contributed by atoms with van der Waals surface area (Å²) >= 11 is 2.00. The lowest BCUT2D eigenvalue weighted by Gasteiger charge is -2.37. The molecule has 0 amide bonds. The molecule has 3 aliphatic rings. The van der Waals surface area contributed by atoms with Crippen LogP contribution < -0.4 is 5.32 Å². The van der Waals surface area contributed by atoms with Crippen LogP contribution >= 0.6 is 11.8 Å². The van der Waals surface area contributed by atoms with Crippen molar-refractivity contribution in [3.05, 3.63) is 143 Å². The van der Waals surface area contributed by atoms with Gasteiger partial charge in [-0.2, -0.15) is 0 Å². The SMILES string of the molecule is COC1OC(=O)c2ccc1cc2.OCC1CC(SC(c2ccccc2)(c2ccccc2)c2ccccc2)CN1. The Labute approximate surface area is 234 Å². The normalized spacial score (nSPS) is 20.1. The highest BCUT2D eigenvalue weighted by Gasteiger charge is 2.41. The number of ether oxygens (including phenoxy) is 2. The molecule has 4 aromatic carbocycles. The minimum absolute atomic E-state index is 0.197. The second-order valence-corrected chi connectivity index (χ2v) is 11.2. The van der Waals surface area contributed by atoms with Crippen LogP contribution in [-0.2, 0) is 14.2 Å². The van der Waals surface area contributed by atoms with Crippen molar-refractivity contribution in [3.63, 3.8) is 0 Å². The average molecular weight is 540 g/mol. The van der Waals surface area contributed by atoms with Crippen molar-refractivity contribution in [2.24, 2.45) is 0 Å². The molecular weight excluding hydrogens is 506 g/mol. The van der Waals surface area contributed by atoms with Gasteiger partial charge in [-0.15, -0.1) is 11.8 Å². The molecule has 0 aliphatic carbocycles. The lowest BCUT2D eigenvalue weighted by atomic mass is 9.84. The minimum Gasteiger partial charge on any atom is -0.428 e. The summed E-state index contributed by atoms with van der Waals surface area (Å²) in [5.41, 5.74) is 5.31. The Balaban J connectivity index is 0.000000214. The molecule has 3 unspecified atom stereocenters. The summed E-state index contributed by atoms with van der Waals surface area (Å²) in [4.78, 5) is 11.2. The van der Waals surface area contributed by atoms with Crippen LogP contribution in [0.1, 0.15) is 45.3 Å². The van der Waals surface area contributed by atoms with Crippen LogP contribution in [0.3, 0.4) is 0 Å². The standard InChI is InChI=1S/C24H25NOS.C9H8O3/c26-18-22-16-23(17-25-22)27-24(19-10-4-1-5-11-19,20-12-6-2-7-13-20)21-14-8-3-9-15-21;1-11-9-7-4-2-6(3-5-7)8(10)12-9/h1-15,22-23,25-26H,16-18H2;2-5,9H,1H3. The Morgan fingerprint density at radius 3 is 1.79 bits per heavy atom. The number of carbonyl (C=O) groups is 1. The largest absolute Gasteiger partial charge is 0.428 e. The van der Waals surface area contributed by atoms with Crippen LogP contribution in [-0.4, -0.2) is 42.6 Å². The van der Waals surface area contributed by atoms with Crippen LogP contribution in [0.4, 0.5) is 0 Å². The Hall–Kier alpha value is -3.42. The number of benzene rings is 4. The van der Waals surface area contributed by atoms with E-state index < -0.39 is 6.29 Å². The highest BCUT2D eigenvalue weighted by atomic mass is 32.2. The first-order valence-electron chi connectivity index (χ1n) is 13.2. The van der Waals surface area contributed by atoms with Crippen molar-refractivity contribution in [1.29, 1.82) is 0 Å². The molecule has 0 aromatic heterocycles. The Kier molecular flexibility index (Phi) is 8.79. The van der Waals surface area contributed by atoms with Gasteiger partial charge < -0.3 is 19.9 Å². The third-order valence-corrected chi connectivity index (χ3v) is 8.89. The number of aliphatic hydroxyl groups is 1. The van der Waals surface area contributed by atoms with Crippen LogP contribution in [0.15, 0.2) is 115 Å². The first-order valence-corrected chi connectivity index (χ1v) is 14.0. The first kappa shape index (κ1) is 27.2. The second kappa shape index (κ2) is 12.6. The molecule has 2 bridgehead atoms. The fraction of sp³-hybridized carbons (Fsp3) is 0.242. The molecule has 3 aliphatic heterocycles. The van der Waals surface area contributed by atoms with Crippen molar-refractivity contribution in [2.75, 3.05) is 20.3 Å². The van der Waals surface area contributed by atoms with Gasteiger partial charge in [-0.05, 0) is 35.2 Å². The summed E-state index contributed by atoms with van der Waals surface area (Å²) in [6.07, 6.45) is 0.431. The smallest absolute Gasteiger partial charge is 0.340 e. The maximum absolute atomic E-state index is 11.2. The first-order chi connectivity index (χ1) is 19.1. The monoisotopic (exact) mass is 539 g/mol. The molecule has 1 fully saturated rings. The van der Waals surface area contributed by atoms with E-state index in [1.54, 1.807) is 12.1 Å². The van der Waals surface area contributed by atoms with Gasteiger partial charge in [-0.3, -0.25) is 0 Å². The molecule has 39 heavy (non-hydrogen) atoms. The van der Waals surface area contributed by atoms with E-state index >= 15 is 0 Å². The number of hydrogen-bond acceptors (Lipinski definition) is 6. The lowest BCUT2D eigenvalue weighted by molar-refractivity contribution is -0.0913. The summed E-state index contributed by atoms with van der Waals surface area (Å²) in [7, 11) is 1.51. The van der Waals surface area contributed by atoms with Gasteiger partial charge in [0.1, 0.15) is 0 Å². The average Bonchev–Trinajstić information content (AvgIpc) is 3.35. The van der Waals surface area contributed by atoms with Gasteiger partial charge in [-0.1, -0.05) is 103 Å². The van der Waals surface area contributed by atoms with Gasteiger partial charge >= 0.3 is 5.97 Å². The number of hydrogen-bond donors (Lipinski definition) is 2. The van der Waals surface area contributed by atoms with Gasteiger partial charge in [0, 0.05) is 30.5 Å². The number of methoxy groups -OCH3 is 1. The summed E-state index contributed by atoms with van der Waals surface area (Å²) in [5.74, 6) is -0.332. The second-order valence-electron chi connectivity index (χ2n) is 9.64. The molecular formula is C33H33NO4S. The number of rotatable bonds is 7. The molecule has 0 spiro atoms. The number of thioether (sulfide) groups is 1. The van der Waals surface area contributed by atoms with Crippen LogP contribution in [0.25, 0.3) is 0 Å². The number of fused-ring (bicyclic) bond motifs is 4. The molecule has 7 rings (SSSR count). The summed E-state index contributed by atoms with van der Waals surface area (Å²) in [6.45, 7) is 1.12. The molecule has 3 atom stereocenters. The molecule has 0 saturated carbocycles. The van der Waals surface area contributed by atoms with E-state index in [-0.39, 0.29) is 23.4 Å². The minimum atomic E-state index is -0.551. The molecule has 3 heterocycles. The van der Waals surface area contributed by atoms with E-state index in [4.69, 9.17) is 9.47 Å². The van der Waals surface area contributed by atoms with Crippen LogP contribution in [0, 0.1) is 0 Å². The Morgan fingerprint density at radius 2 is 1.36 bits per heavy atom. The topological polar surface area (TPSA) is 67.8 Å². The van der Waals surface area contributed by atoms with E-state index in [1.165, 1.54) is 23.8 Å². The van der Waals surface area contributed by atoms with E-state index in [9.17, 15) is 9.90 Å².